The summed E-state index contributed by atoms with van der Waals surface area (Å²) in [5, 5.41) is 15.0. The number of carboxylic acids is 1. The summed E-state index contributed by atoms with van der Waals surface area (Å²) in [6.07, 6.45) is 1.50. The lowest BCUT2D eigenvalue weighted by atomic mass is 9.76. The first-order valence-corrected chi connectivity index (χ1v) is 8.74. The molecule has 0 radical (unpaired) electrons. The van der Waals surface area contributed by atoms with Crippen molar-refractivity contribution in [3.8, 4) is 0 Å². The fraction of sp³-hybridized carbons (Fsp3) is 0.529. The summed E-state index contributed by atoms with van der Waals surface area (Å²) in [4.78, 5) is 23.8. The number of hydrogen-bond donors (Lipinski definition) is 1. The maximum Gasteiger partial charge on any atom is 0.224 e. The summed E-state index contributed by atoms with van der Waals surface area (Å²) in [6, 6.07) is 9.59. The lowest BCUT2D eigenvalue weighted by Crippen LogP contribution is -2.44. The fourth-order valence-electron chi connectivity index (χ4n) is 2.70. The van der Waals surface area contributed by atoms with Gasteiger partial charge in [-0.25, -0.2) is 0 Å². The summed E-state index contributed by atoms with van der Waals surface area (Å²) in [5.74, 6) is -3.01. The summed E-state index contributed by atoms with van der Waals surface area (Å²) >= 11 is 3.31. The van der Waals surface area contributed by atoms with E-state index < -0.39 is 17.8 Å². The Hall–Kier alpha value is -1.36. The molecule has 0 heterocycles. The predicted molar refractivity (Wildman–Crippen MR) is 88.6 cm³/mol. The zero-order chi connectivity index (χ0) is 16.5. The molecule has 0 saturated heterocycles. The minimum atomic E-state index is -1.19. The van der Waals surface area contributed by atoms with E-state index in [-0.39, 0.29) is 11.8 Å². The monoisotopic (exact) mass is 368 g/mol. The summed E-state index contributed by atoms with van der Waals surface area (Å²) in [6.45, 7) is 4.06. The van der Waals surface area contributed by atoms with Gasteiger partial charge in [0.15, 0.2) is 0 Å². The van der Waals surface area contributed by atoms with Gasteiger partial charge in [0.05, 0.1) is 5.92 Å². The molecule has 1 aromatic rings. The molecule has 0 bridgehead atoms. The molecular weight excluding hydrogens is 346 g/mol. The fourth-order valence-corrected chi connectivity index (χ4v) is 2.98. The molecular formula is C17H23BrNO3-. The van der Waals surface area contributed by atoms with Gasteiger partial charge in [0.2, 0.25) is 5.91 Å². The normalized spacial score (nSPS) is 14.9. The van der Waals surface area contributed by atoms with Crippen molar-refractivity contribution in [2.45, 2.75) is 32.6 Å². The van der Waals surface area contributed by atoms with Crippen LogP contribution in [0.3, 0.4) is 0 Å². The second-order valence-corrected chi connectivity index (χ2v) is 6.19. The first kappa shape index (κ1) is 18.7. The third kappa shape index (κ3) is 5.13. The number of nitrogens with one attached hydrogen (secondary N) is 1. The van der Waals surface area contributed by atoms with Crippen molar-refractivity contribution in [2.75, 3.05) is 11.9 Å². The molecule has 1 N–H and O–H groups in total. The maximum atomic E-state index is 12.5. The van der Waals surface area contributed by atoms with E-state index >= 15 is 0 Å². The van der Waals surface area contributed by atoms with Crippen LogP contribution in [0, 0.1) is 11.8 Å². The molecule has 1 amide bonds. The molecule has 3 atom stereocenters. The van der Waals surface area contributed by atoms with Gasteiger partial charge in [0.25, 0.3) is 0 Å². The molecule has 0 aliphatic rings. The van der Waals surface area contributed by atoms with Crippen molar-refractivity contribution in [1.82, 2.24) is 5.32 Å². The number of aliphatic carboxylic acids is 1. The Morgan fingerprint density at radius 3 is 2.41 bits per heavy atom. The Labute approximate surface area is 140 Å². The number of carboxylic acid groups (broad SMARTS) is 1. The average molecular weight is 369 g/mol. The average Bonchev–Trinajstić information content (AvgIpc) is 2.52. The highest BCUT2D eigenvalue weighted by Gasteiger charge is 2.33. The molecule has 3 unspecified atom stereocenters. The number of benzene rings is 1. The zero-order valence-electron chi connectivity index (χ0n) is 13.0. The van der Waals surface area contributed by atoms with Gasteiger partial charge in [0.1, 0.15) is 0 Å². The minimum absolute atomic E-state index is 0.141. The van der Waals surface area contributed by atoms with Crippen molar-refractivity contribution in [2.24, 2.45) is 11.8 Å². The lowest BCUT2D eigenvalue weighted by molar-refractivity contribution is -0.312. The summed E-state index contributed by atoms with van der Waals surface area (Å²) < 4.78 is 0. The molecule has 22 heavy (non-hydrogen) atoms. The van der Waals surface area contributed by atoms with Crippen molar-refractivity contribution >= 4 is 27.8 Å². The molecule has 0 aromatic heterocycles. The quantitative estimate of drug-likeness (QED) is 0.535. The van der Waals surface area contributed by atoms with Crippen molar-refractivity contribution < 1.29 is 14.7 Å². The van der Waals surface area contributed by atoms with Gasteiger partial charge in [-0.05, 0) is 24.3 Å². The largest absolute Gasteiger partial charge is 0.550 e. The zero-order valence-corrected chi connectivity index (χ0v) is 14.6. The van der Waals surface area contributed by atoms with Crippen LogP contribution in [0.4, 0.5) is 0 Å². The van der Waals surface area contributed by atoms with Gasteiger partial charge in [-0.15, -0.1) is 0 Å². The SMILES string of the molecule is CCC(c1ccccc1)C(C(=O)NCCCBr)C(C)C(=O)[O-]. The van der Waals surface area contributed by atoms with E-state index in [2.05, 4.69) is 21.2 Å². The highest BCUT2D eigenvalue weighted by Crippen LogP contribution is 2.33. The smallest absolute Gasteiger partial charge is 0.224 e. The molecule has 122 valence electrons. The van der Waals surface area contributed by atoms with Crippen LogP contribution in [0.2, 0.25) is 0 Å². The number of alkyl halides is 1. The molecule has 0 aliphatic carbocycles. The van der Waals surface area contributed by atoms with Gasteiger partial charge in [-0.2, -0.15) is 0 Å². The van der Waals surface area contributed by atoms with Gasteiger partial charge in [-0.1, -0.05) is 60.1 Å². The predicted octanol–water partition coefficient (Wildman–Crippen LogP) is 2.08. The van der Waals surface area contributed by atoms with Gasteiger partial charge in [0, 0.05) is 23.8 Å². The number of carbonyl (C=O) groups excluding carboxylic acids is 2. The Morgan fingerprint density at radius 2 is 1.91 bits per heavy atom. The van der Waals surface area contributed by atoms with Gasteiger partial charge >= 0.3 is 0 Å². The van der Waals surface area contributed by atoms with Crippen molar-refractivity contribution in [3.63, 3.8) is 0 Å². The van der Waals surface area contributed by atoms with Crippen LogP contribution in [-0.4, -0.2) is 23.8 Å². The summed E-state index contributed by atoms with van der Waals surface area (Å²) in [7, 11) is 0. The van der Waals surface area contributed by atoms with E-state index in [9.17, 15) is 14.7 Å². The standard InChI is InChI=1S/C17H24BrNO3/c1-3-14(13-8-5-4-6-9-13)15(12(2)17(21)22)16(20)19-11-7-10-18/h4-6,8-9,12,14-15H,3,7,10-11H2,1-2H3,(H,19,20)(H,21,22)/p-1. The Morgan fingerprint density at radius 1 is 1.27 bits per heavy atom. The van der Waals surface area contributed by atoms with Crippen LogP contribution < -0.4 is 10.4 Å². The highest BCUT2D eigenvalue weighted by atomic mass is 79.9. The molecule has 0 fully saturated rings. The maximum absolute atomic E-state index is 12.5. The second kappa shape index (κ2) is 9.62. The number of carbonyl (C=O) groups is 2. The summed E-state index contributed by atoms with van der Waals surface area (Å²) in [5.41, 5.74) is 0.985. The van der Waals surface area contributed by atoms with Crippen LogP contribution in [0.5, 0.6) is 0 Å². The van der Waals surface area contributed by atoms with Gasteiger partial charge < -0.3 is 15.2 Å². The third-order valence-corrected chi connectivity index (χ3v) is 4.48. The molecule has 4 nitrogen and oxygen atoms in total. The third-order valence-electron chi connectivity index (χ3n) is 3.92. The second-order valence-electron chi connectivity index (χ2n) is 5.39. The van der Waals surface area contributed by atoms with E-state index in [1.165, 1.54) is 0 Å². The minimum Gasteiger partial charge on any atom is -0.550 e. The molecule has 0 saturated carbocycles. The highest BCUT2D eigenvalue weighted by molar-refractivity contribution is 9.09. The topological polar surface area (TPSA) is 69.2 Å². The molecule has 1 aromatic carbocycles. The molecule has 0 spiro atoms. The van der Waals surface area contributed by atoms with E-state index in [0.29, 0.717) is 13.0 Å². The lowest BCUT2D eigenvalue weighted by Gasteiger charge is -2.31. The van der Waals surface area contributed by atoms with Crippen LogP contribution in [0.1, 0.15) is 38.2 Å². The Balaban J connectivity index is 3.02. The van der Waals surface area contributed by atoms with Crippen molar-refractivity contribution in [3.05, 3.63) is 35.9 Å². The Bertz CT molecular complexity index is 478. The molecule has 1 rings (SSSR count). The number of halogens is 1. The van der Waals surface area contributed by atoms with E-state index in [0.717, 1.165) is 17.3 Å². The van der Waals surface area contributed by atoms with Gasteiger partial charge in [-0.3, -0.25) is 4.79 Å². The first-order valence-electron chi connectivity index (χ1n) is 7.62. The number of amides is 1. The van der Waals surface area contributed by atoms with E-state index in [1.54, 1.807) is 6.92 Å². The van der Waals surface area contributed by atoms with E-state index in [1.807, 2.05) is 37.3 Å². The Kier molecular flexibility index (Phi) is 8.17. The van der Waals surface area contributed by atoms with Crippen LogP contribution >= 0.6 is 15.9 Å². The number of rotatable bonds is 9. The van der Waals surface area contributed by atoms with Crippen LogP contribution in [0.25, 0.3) is 0 Å². The van der Waals surface area contributed by atoms with Crippen LogP contribution in [0.15, 0.2) is 30.3 Å². The van der Waals surface area contributed by atoms with Crippen LogP contribution in [-0.2, 0) is 9.59 Å². The molecule has 5 heteroatoms. The first-order chi connectivity index (χ1) is 10.5. The van der Waals surface area contributed by atoms with E-state index in [4.69, 9.17) is 0 Å². The van der Waals surface area contributed by atoms with Crippen molar-refractivity contribution in [1.29, 1.82) is 0 Å². The molecule has 0 aliphatic heterocycles. The number of hydrogen-bond acceptors (Lipinski definition) is 3.